The molecule has 3 amide bonds. The van der Waals surface area contributed by atoms with Crippen molar-refractivity contribution in [3.8, 4) is 0 Å². The molecule has 0 bridgehead atoms. The van der Waals surface area contributed by atoms with Crippen LogP contribution >= 0.6 is 0 Å². The number of nitrogens with one attached hydrogen (secondary N) is 1. The van der Waals surface area contributed by atoms with Gasteiger partial charge in [-0.25, -0.2) is 8.78 Å². The molecule has 2 heterocycles. The van der Waals surface area contributed by atoms with Crippen LogP contribution in [-0.2, 0) is 14.4 Å². The van der Waals surface area contributed by atoms with Crippen molar-refractivity contribution in [1.82, 2.24) is 20.0 Å². The highest BCUT2D eigenvalue weighted by Crippen LogP contribution is 2.41. The average molecular weight is 589 g/mol. The molecule has 4 rings (SSSR count). The number of benzene rings is 1. The molecule has 1 saturated carbocycles. The van der Waals surface area contributed by atoms with Gasteiger partial charge in [-0.1, -0.05) is 19.9 Å². The fourth-order valence-electron chi connectivity index (χ4n) is 7.13. The number of likely N-dealkylation sites (tertiary alicyclic amines) is 1. The van der Waals surface area contributed by atoms with E-state index in [2.05, 4.69) is 44.8 Å². The summed E-state index contributed by atoms with van der Waals surface area (Å²) >= 11 is 0. The van der Waals surface area contributed by atoms with Gasteiger partial charge in [-0.15, -0.1) is 0 Å². The zero-order valence-electron chi connectivity index (χ0n) is 26.5. The molecule has 4 atom stereocenters. The van der Waals surface area contributed by atoms with Gasteiger partial charge < -0.3 is 15.1 Å². The third-order valence-electron chi connectivity index (χ3n) is 9.87. The molecular weight excluding hydrogens is 538 g/mol. The van der Waals surface area contributed by atoms with Crippen LogP contribution in [-0.4, -0.2) is 82.8 Å². The van der Waals surface area contributed by atoms with Gasteiger partial charge in [-0.2, -0.15) is 0 Å². The Hall–Kier alpha value is -2.55. The quantitative estimate of drug-likeness (QED) is 0.511. The van der Waals surface area contributed by atoms with Gasteiger partial charge in [0.05, 0.1) is 5.92 Å². The van der Waals surface area contributed by atoms with Crippen LogP contribution < -0.4 is 5.32 Å². The topological polar surface area (TPSA) is 73.0 Å². The van der Waals surface area contributed by atoms with Crippen LogP contribution in [0.2, 0.25) is 0 Å². The van der Waals surface area contributed by atoms with Crippen molar-refractivity contribution in [2.45, 2.75) is 104 Å². The first kappa shape index (κ1) is 32.4. The number of carbonyl (C=O) groups is 3. The molecule has 0 spiro atoms. The number of piperazine rings is 1. The smallest absolute Gasteiger partial charge is 0.245 e. The second kappa shape index (κ2) is 12.6. The lowest BCUT2D eigenvalue weighted by molar-refractivity contribution is -0.147. The maximum atomic E-state index is 14.9. The molecule has 2 saturated heterocycles. The first-order valence-corrected chi connectivity index (χ1v) is 15.6. The number of amides is 3. The molecule has 9 heteroatoms. The third-order valence-corrected chi connectivity index (χ3v) is 9.87. The molecule has 0 radical (unpaired) electrons. The molecular formula is C33H50F2N4O3. The largest absolute Gasteiger partial charge is 0.345 e. The van der Waals surface area contributed by atoms with Gasteiger partial charge in [0.1, 0.15) is 17.7 Å². The Bertz CT molecular complexity index is 1160. The number of hydrogen-bond acceptors (Lipinski definition) is 4. The molecule has 234 valence electrons. The Morgan fingerprint density at radius 3 is 2.29 bits per heavy atom. The predicted molar refractivity (Wildman–Crippen MR) is 160 cm³/mol. The summed E-state index contributed by atoms with van der Waals surface area (Å²) in [5.41, 5.74) is 0.479. The second-order valence-corrected chi connectivity index (χ2v) is 14.7. The van der Waals surface area contributed by atoms with Crippen molar-refractivity contribution in [3.05, 3.63) is 35.4 Å². The fraction of sp³-hybridized carbons (Fsp3) is 0.727. The molecule has 2 aliphatic heterocycles. The van der Waals surface area contributed by atoms with Crippen molar-refractivity contribution in [3.63, 3.8) is 0 Å². The molecule has 42 heavy (non-hydrogen) atoms. The van der Waals surface area contributed by atoms with E-state index in [0.717, 1.165) is 31.7 Å². The molecule has 1 N–H and O–H groups in total. The van der Waals surface area contributed by atoms with Gasteiger partial charge in [0.15, 0.2) is 0 Å². The number of hydrogen-bond donors (Lipinski definition) is 1. The summed E-state index contributed by atoms with van der Waals surface area (Å²) in [6.07, 6.45) is 4.98. The molecule has 7 nitrogen and oxygen atoms in total. The third kappa shape index (κ3) is 7.50. The van der Waals surface area contributed by atoms with Crippen LogP contribution in [0.25, 0.3) is 0 Å². The van der Waals surface area contributed by atoms with Gasteiger partial charge in [-0.05, 0) is 82.8 Å². The van der Waals surface area contributed by atoms with Crippen LogP contribution in [0.3, 0.4) is 0 Å². The fourth-order valence-corrected chi connectivity index (χ4v) is 7.13. The molecule has 0 aromatic heterocycles. The first-order chi connectivity index (χ1) is 19.6. The standard InChI is InChI=1S/C33H50F2N4O3/c1-21-18-37(31(42)29(36-22(2)40)16-23-10-12-33(6,7)13-11-23)14-15-39(21)30(41)27-20-38(32(3,4)5)19-26(27)25-9-8-24(34)17-28(25)35/h8-9,17,21,23,26-27,29H,10-16,18-20H2,1-7H3,(H,36,40)/t21-,26-,27+,29?/m0/s1. The lowest BCUT2D eigenvalue weighted by Crippen LogP contribution is -2.60. The summed E-state index contributed by atoms with van der Waals surface area (Å²) in [5, 5.41) is 2.91. The lowest BCUT2D eigenvalue weighted by Gasteiger charge is -2.43. The highest BCUT2D eigenvalue weighted by atomic mass is 19.1. The van der Waals surface area contributed by atoms with Crippen LogP contribution in [0.5, 0.6) is 0 Å². The van der Waals surface area contributed by atoms with Crippen molar-refractivity contribution < 1.29 is 23.2 Å². The predicted octanol–water partition coefficient (Wildman–Crippen LogP) is 4.95. The zero-order valence-corrected chi connectivity index (χ0v) is 26.5. The highest BCUT2D eigenvalue weighted by molar-refractivity contribution is 5.87. The van der Waals surface area contributed by atoms with Crippen molar-refractivity contribution in [1.29, 1.82) is 0 Å². The number of rotatable bonds is 6. The van der Waals surface area contributed by atoms with Gasteiger partial charge in [0.2, 0.25) is 17.7 Å². The van der Waals surface area contributed by atoms with E-state index in [1.165, 1.54) is 19.1 Å². The Balaban J connectivity index is 1.45. The average Bonchev–Trinajstić information content (AvgIpc) is 3.34. The summed E-state index contributed by atoms with van der Waals surface area (Å²) in [5.74, 6) is -2.08. The minimum Gasteiger partial charge on any atom is -0.345 e. The summed E-state index contributed by atoms with van der Waals surface area (Å²) < 4.78 is 28.6. The number of halogens is 2. The first-order valence-electron chi connectivity index (χ1n) is 15.6. The maximum absolute atomic E-state index is 14.9. The Morgan fingerprint density at radius 1 is 1.05 bits per heavy atom. The summed E-state index contributed by atoms with van der Waals surface area (Å²) in [7, 11) is 0. The Kier molecular flexibility index (Phi) is 9.70. The summed E-state index contributed by atoms with van der Waals surface area (Å²) in [6, 6.07) is 2.82. The van der Waals surface area contributed by atoms with Crippen LogP contribution in [0.4, 0.5) is 8.78 Å². The van der Waals surface area contributed by atoms with E-state index in [1.807, 2.05) is 11.8 Å². The minimum absolute atomic E-state index is 0.0571. The maximum Gasteiger partial charge on any atom is 0.245 e. The number of carbonyl (C=O) groups excluding carboxylic acids is 3. The summed E-state index contributed by atoms with van der Waals surface area (Å²) in [4.78, 5) is 45.6. The van der Waals surface area contributed by atoms with E-state index in [1.54, 1.807) is 4.90 Å². The van der Waals surface area contributed by atoms with E-state index in [4.69, 9.17) is 0 Å². The van der Waals surface area contributed by atoms with E-state index < -0.39 is 29.5 Å². The van der Waals surface area contributed by atoms with Crippen molar-refractivity contribution in [2.24, 2.45) is 17.3 Å². The van der Waals surface area contributed by atoms with E-state index in [9.17, 15) is 23.2 Å². The molecule has 3 aliphatic rings. The Labute approximate surface area is 250 Å². The van der Waals surface area contributed by atoms with E-state index in [-0.39, 0.29) is 29.3 Å². The molecule has 3 fully saturated rings. The SMILES string of the molecule is CC(=O)NC(CC1CCC(C)(C)CC1)C(=O)N1CCN(C(=O)[C@@H]2CN(C(C)(C)C)C[C@H]2c2ccc(F)cc2F)[C@@H](C)C1. The Morgan fingerprint density at radius 2 is 1.71 bits per heavy atom. The van der Waals surface area contributed by atoms with Gasteiger partial charge >= 0.3 is 0 Å². The normalized spacial score (nSPS) is 26.3. The molecule has 1 aromatic rings. The van der Waals surface area contributed by atoms with E-state index in [0.29, 0.717) is 56.0 Å². The molecule has 1 aromatic carbocycles. The summed E-state index contributed by atoms with van der Waals surface area (Å²) in [6.45, 7) is 16.3. The van der Waals surface area contributed by atoms with Crippen molar-refractivity contribution >= 4 is 17.7 Å². The van der Waals surface area contributed by atoms with E-state index >= 15 is 0 Å². The highest BCUT2D eigenvalue weighted by Gasteiger charge is 2.46. The van der Waals surface area contributed by atoms with Crippen LogP contribution in [0, 0.1) is 28.9 Å². The monoisotopic (exact) mass is 588 g/mol. The minimum atomic E-state index is -0.635. The molecule has 1 aliphatic carbocycles. The van der Waals surface area contributed by atoms with Crippen LogP contribution in [0.1, 0.15) is 92.1 Å². The lowest BCUT2D eigenvalue weighted by atomic mass is 9.71. The van der Waals surface area contributed by atoms with Crippen LogP contribution in [0.15, 0.2) is 18.2 Å². The molecule has 1 unspecified atom stereocenters. The van der Waals surface area contributed by atoms with Gasteiger partial charge in [-0.3, -0.25) is 19.3 Å². The second-order valence-electron chi connectivity index (χ2n) is 14.7. The zero-order chi connectivity index (χ0) is 31.0. The van der Waals surface area contributed by atoms with Gasteiger partial charge in [0, 0.05) is 63.2 Å². The van der Waals surface area contributed by atoms with Crippen molar-refractivity contribution in [2.75, 3.05) is 32.7 Å². The van der Waals surface area contributed by atoms with Gasteiger partial charge in [0.25, 0.3) is 0 Å². The number of nitrogens with zero attached hydrogens (tertiary/aromatic N) is 3.